The van der Waals surface area contributed by atoms with Gasteiger partial charge < -0.3 is 52.3 Å². The summed E-state index contributed by atoms with van der Waals surface area (Å²) in [4.78, 5) is 45.9. The standard InChI is InChI=1S/C19H18N6.C18H19N7O.C16H19N5.C14H15N5O.C12H10FN5.C12H12N6/c1-14-7-9-16(10-8-14)25(13-15-5-3-2-4-6-15)17-18-22-23-19(20)24(18)12-11-21-17;1-12-21-22-17-16(19-8-11-24(12)17)23-9-6-13(7-10-23)25-15-5-3-2-4-14(15)20-18(25)26;1-11-4-5-14(10-12(11)2)6-7-17-15-16-20-19-13(3)21(16)9-8-18-15;1-9-4-5-12(20-3)11(8-9)16-13-14-18-17-10(2)19(14)7-6-15-13;1-8-16-17-12-11(14-6-7-18(8)12)15-10-5-3-2-4-9(10)13;1-8-2-4-9(5-3-8)15-10-11-16-17-12(13)18(11)7-6-14-10/h2-12H,13H2,1H3,(H2,20,23);2-5,8,11,13H,6-7,9-10H2,1H3,(H,20,26);4-5,8-10H,6-7H2,1-3H3,(H,17,18);4-8H,1-3H3,(H,15,16);2-7H,1H3,(H,14,15);2-7H,1H3,(H2,13,17)(H,14,15). The average Bonchev–Trinajstić information content (AvgIpc) is 1.61. The number of imidazole rings is 1. The number of nitrogens with two attached hydrogens (primary N) is 2. The molecule has 0 radical (unpaired) electrons. The maximum Gasteiger partial charge on any atom is 0.326 e. The van der Waals surface area contributed by atoms with Crippen LogP contribution in [-0.4, -0.2) is 154 Å². The Hall–Kier alpha value is -16.8. The summed E-state index contributed by atoms with van der Waals surface area (Å²) in [5, 5.41) is 61.5. The van der Waals surface area contributed by atoms with Crippen LogP contribution in [0.5, 0.6) is 5.75 Å². The van der Waals surface area contributed by atoms with Crippen LogP contribution in [0, 0.1) is 68.1 Å². The van der Waals surface area contributed by atoms with Crippen LogP contribution in [0.25, 0.3) is 44.9 Å². The molecule has 7 aromatic carbocycles. The molecular formula is C91H93FN34O2. The molecule has 0 atom stereocenters. The summed E-state index contributed by atoms with van der Waals surface area (Å²) in [6.45, 7) is 21.2. The van der Waals surface area contributed by atoms with Crippen molar-refractivity contribution in [3.63, 3.8) is 0 Å². The number of benzene rings is 7. The number of anilines is 12. The van der Waals surface area contributed by atoms with E-state index in [0.29, 0.717) is 64.2 Å². The van der Waals surface area contributed by atoms with Gasteiger partial charge in [0.15, 0.2) is 34.9 Å². The number of rotatable bonds is 17. The van der Waals surface area contributed by atoms with Crippen molar-refractivity contribution in [1.82, 2.24) is 127 Å². The van der Waals surface area contributed by atoms with Crippen molar-refractivity contribution < 1.29 is 9.13 Å². The molecule has 646 valence electrons. The summed E-state index contributed by atoms with van der Waals surface area (Å²) < 4.78 is 31.8. The van der Waals surface area contributed by atoms with Gasteiger partial charge in [0.05, 0.1) is 29.5 Å². The highest BCUT2D eigenvalue weighted by Crippen LogP contribution is 2.34. The fourth-order valence-electron chi connectivity index (χ4n) is 14.6. The Kier molecular flexibility index (Phi) is 25.4. The monoisotopic (exact) mass is 1710 g/mol. The molecule has 1 fully saturated rings. The van der Waals surface area contributed by atoms with Crippen molar-refractivity contribution in [2.24, 2.45) is 0 Å². The Labute approximate surface area is 732 Å². The number of halogens is 1. The van der Waals surface area contributed by atoms with Crippen LogP contribution in [0.3, 0.4) is 0 Å². The Morgan fingerprint density at radius 3 is 1.56 bits per heavy atom. The van der Waals surface area contributed by atoms with Crippen molar-refractivity contribution >= 4 is 114 Å². The molecule has 128 heavy (non-hydrogen) atoms. The zero-order chi connectivity index (χ0) is 88.9. The molecule has 1 aliphatic heterocycles. The summed E-state index contributed by atoms with van der Waals surface area (Å²) in [7, 11) is 1.64. The molecule has 1 saturated heterocycles. The summed E-state index contributed by atoms with van der Waals surface area (Å²) in [5.74, 6) is 8.53. The molecule has 0 unspecified atom stereocenters. The molecular weight excluding hydrogens is 1620 g/mol. The van der Waals surface area contributed by atoms with Gasteiger partial charge in [-0.25, -0.2) is 39.1 Å². The number of aromatic nitrogens is 26. The quantitative estimate of drug-likeness (QED) is 0.0445. The first-order valence-corrected chi connectivity index (χ1v) is 41.2. The van der Waals surface area contributed by atoms with Gasteiger partial charge in [0.2, 0.25) is 45.8 Å². The number of aromatic amines is 1. The predicted molar refractivity (Wildman–Crippen MR) is 492 cm³/mol. The number of nitrogen functional groups attached to an aromatic ring is 2. The number of aryl methyl sites for hydroxylation is 9. The second-order valence-electron chi connectivity index (χ2n) is 30.3. The number of hydrogen-bond donors (Lipinski definition) is 7. The van der Waals surface area contributed by atoms with Crippen LogP contribution in [0.4, 0.5) is 73.9 Å². The van der Waals surface area contributed by atoms with E-state index in [1.807, 2.05) is 163 Å². The number of H-pyrrole nitrogens is 1. The lowest BCUT2D eigenvalue weighted by Crippen LogP contribution is -2.37. The first kappa shape index (κ1) is 84.8. The molecule has 0 saturated carbocycles. The molecule has 0 aliphatic carbocycles. The number of fused-ring (bicyclic) bond motifs is 7. The second kappa shape index (κ2) is 38.3. The van der Waals surface area contributed by atoms with Gasteiger partial charge in [0, 0.05) is 118 Å². The number of para-hydroxylation sites is 3. The van der Waals surface area contributed by atoms with Crippen LogP contribution < -0.4 is 53.0 Å². The molecule has 20 aromatic rings. The van der Waals surface area contributed by atoms with Gasteiger partial charge in [-0.1, -0.05) is 114 Å². The van der Waals surface area contributed by atoms with Gasteiger partial charge in [-0.2, -0.15) is 0 Å². The number of nitrogens with one attached hydrogen (secondary N) is 5. The average molecular weight is 1710 g/mol. The highest BCUT2D eigenvalue weighted by atomic mass is 19.1. The van der Waals surface area contributed by atoms with Crippen LogP contribution in [-0.2, 0) is 13.0 Å². The molecule has 1 aliphatic rings. The van der Waals surface area contributed by atoms with E-state index in [-0.39, 0.29) is 17.5 Å². The number of piperidine rings is 1. The molecule has 14 heterocycles. The second-order valence-corrected chi connectivity index (χ2v) is 30.3. The van der Waals surface area contributed by atoms with E-state index in [1.54, 1.807) is 94.3 Å². The van der Waals surface area contributed by atoms with Crippen molar-refractivity contribution in [2.45, 2.75) is 94.2 Å². The van der Waals surface area contributed by atoms with Crippen molar-refractivity contribution in [3.8, 4) is 5.75 Å². The Bertz CT molecular complexity index is 7290. The highest BCUT2D eigenvalue weighted by molar-refractivity contribution is 5.77. The van der Waals surface area contributed by atoms with Crippen LogP contribution in [0.1, 0.15) is 81.1 Å². The van der Waals surface area contributed by atoms with E-state index in [1.165, 1.54) is 39.4 Å². The van der Waals surface area contributed by atoms with E-state index < -0.39 is 0 Å². The summed E-state index contributed by atoms with van der Waals surface area (Å²) in [6, 6.07) is 53.6. The van der Waals surface area contributed by atoms with Crippen LogP contribution >= 0.6 is 0 Å². The van der Waals surface area contributed by atoms with Gasteiger partial charge in [-0.05, 0) is 170 Å². The molecule has 0 amide bonds. The fraction of sp³-hybridized carbons (Fsp3) is 0.198. The van der Waals surface area contributed by atoms with Gasteiger partial charge in [0.1, 0.15) is 34.9 Å². The summed E-state index contributed by atoms with van der Waals surface area (Å²) in [5.41, 5.74) is 29.4. The molecule has 13 aromatic heterocycles. The summed E-state index contributed by atoms with van der Waals surface area (Å²) >= 11 is 0. The molecule has 37 heteroatoms. The van der Waals surface area contributed by atoms with Gasteiger partial charge in [-0.15, -0.1) is 61.2 Å². The van der Waals surface area contributed by atoms with E-state index in [9.17, 15) is 9.18 Å². The van der Waals surface area contributed by atoms with E-state index >= 15 is 0 Å². The third-order valence-electron chi connectivity index (χ3n) is 21.5. The number of hydrogen-bond acceptors (Lipinski definition) is 28. The summed E-state index contributed by atoms with van der Waals surface area (Å²) in [6.07, 6.45) is 23.8. The normalized spacial score (nSPS) is 11.9. The van der Waals surface area contributed by atoms with Gasteiger partial charge in [0.25, 0.3) is 0 Å². The van der Waals surface area contributed by atoms with E-state index in [2.05, 4.69) is 203 Å². The lowest BCUT2D eigenvalue weighted by atomic mass is 10.0. The van der Waals surface area contributed by atoms with Crippen LogP contribution in [0.15, 0.2) is 243 Å². The van der Waals surface area contributed by atoms with Gasteiger partial charge >= 0.3 is 5.69 Å². The molecule has 0 spiro atoms. The number of ether oxygens (including phenoxy) is 1. The fourth-order valence-corrected chi connectivity index (χ4v) is 14.6. The SMILES string of the molecule is COc1ccc(C)cc1Nc1nccn2c(C)nnc12.Cc1ccc(CCNc2nccn3c(C)nnc23)cc1C.Cc1ccc(N(Cc2ccccc2)c2nccn3c(N)nnc23)cc1.Cc1ccc(Nc2nccn3c(N)nnc23)cc1.Cc1nnc2c(N3CCC(n4c(=O)[nH]c5ccccc54)CC3)nccn12.Cc1nnc2c(Nc3ccccc3F)nccn12. The lowest BCUT2D eigenvalue weighted by Gasteiger charge is -2.33. The van der Waals surface area contributed by atoms with Crippen LogP contribution in [0.2, 0.25) is 0 Å². The smallest absolute Gasteiger partial charge is 0.326 e. The molecule has 0 bridgehead atoms. The van der Waals surface area contributed by atoms with E-state index in [4.69, 9.17) is 16.2 Å². The Balaban J connectivity index is 0.000000113. The minimum atomic E-state index is -0.336. The molecule has 36 nitrogen and oxygen atoms in total. The Morgan fingerprint density at radius 2 is 0.945 bits per heavy atom. The predicted octanol–water partition coefficient (Wildman–Crippen LogP) is 14.5. The molecule has 21 rings (SSSR count). The van der Waals surface area contributed by atoms with Crippen molar-refractivity contribution in [2.75, 3.05) is 69.3 Å². The largest absolute Gasteiger partial charge is 0.495 e. The third kappa shape index (κ3) is 19.0. The maximum atomic E-state index is 13.5. The number of nitrogens with zero attached hydrogens (tertiary/aromatic N) is 27. The van der Waals surface area contributed by atoms with Crippen molar-refractivity contribution in [3.05, 3.63) is 317 Å². The van der Waals surface area contributed by atoms with Gasteiger partial charge in [-0.3, -0.25) is 31.0 Å². The zero-order valence-electron chi connectivity index (χ0n) is 72.0. The number of methoxy groups -OCH3 is 1. The Morgan fingerprint density at radius 1 is 0.453 bits per heavy atom. The third-order valence-corrected chi connectivity index (χ3v) is 21.5. The molecule has 9 N–H and O–H groups in total. The zero-order valence-corrected chi connectivity index (χ0v) is 72.0. The topological polar surface area (TPSA) is 412 Å². The lowest BCUT2D eigenvalue weighted by molar-refractivity contribution is 0.395. The minimum absolute atomic E-state index is 0.0297. The van der Waals surface area contributed by atoms with E-state index in [0.717, 1.165) is 130 Å². The maximum absolute atomic E-state index is 13.5. The highest BCUT2D eigenvalue weighted by Gasteiger charge is 2.27. The first-order chi connectivity index (χ1) is 62.3. The van der Waals surface area contributed by atoms with Crippen molar-refractivity contribution in [1.29, 1.82) is 0 Å². The first-order valence-electron chi connectivity index (χ1n) is 41.2. The minimum Gasteiger partial charge on any atom is -0.495 e.